The van der Waals surface area contributed by atoms with Crippen LogP contribution in [0.3, 0.4) is 0 Å². The molecule has 1 aliphatic rings. The second-order valence-corrected chi connectivity index (χ2v) is 3.87. The lowest BCUT2D eigenvalue weighted by Crippen LogP contribution is -2.50. The lowest BCUT2D eigenvalue weighted by Gasteiger charge is -2.25. The summed E-state index contributed by atoms with van der Waals surface area (Å²) in [6.07, 6.45) is 5.87. The number of carboxylic acids is 1. The molecule has 0 saturated heterocycles. The minimum atomic E-state index is -0.666. The monoisotopic (exact) mass is 185 g/mol. The molecule has 3 nitrogen and oxygen atoms in total. The Balaban J connectivity index is 2.43. The average molecular weight is 185 g/mol. The largest absolute Gasteiger partial charge is 0.480 e. The Labute approximate surface area is 79.5 Å². The molecule has 76 valence electrons. The van der Waals surface area contributed by atoms with Gasteiger partial charge in [-0.3, -0.25) is 4.79 Å². The van der Waals surface area contributed by atoms with Gasteiger partial charge in [0.15, 0.2) is 0 Å². The Morgan fingerprint density at radius 2 is 2.08 bits per heavy atom. The van der Waals surface area contributed by atoms with Gasteiger partial charge in [0.05, 0.1) is 0 Å². The summed E-state index contributed by atoms with van der Waals surface area (Å²) in [6.45, 7) is 2.95. The Morgan fingerprint density at radius 1 is 1.46 bits per heavy atom. The Bertz CT molecular complexity index is 174. The molecule has 0 aromatic heterocycles. The Hall–Kier alpha value is -0.570. The molecule has 0 heterocycles. The van der Waals surface area contributed by atoms with Crippen molar-refractivity contribution in [2.75, 3.05) is 6.54 Å². The highest BCUT2D eigenvalue weighted by Crippen LogP contribution is 2.29. The van der Waals surface area contributed by atoms with Crippen LogP contribution in [0.2, 0.25) is 0 Å². The zero-order valence-electron chi connectivity index (χ0n) is 8.31. The van der Waals surface area contributed by atoms with E-state index in [1.54, 1.807) is 0 Å². The highest BCUT2D eigenvalue weighted by Gasteiger charge is 2.40. The quantitative estimate of drug-likeness (QED) is 0.642. The van der Waals surface area contributed by atoms with Crippen LogP contribution in [0, 0.1) is 0 Å². The van der Waals surface area contributed by atoms with Crippen LogP contribution in [0.4, 0.5) is 0 Å². The van der Waals surface area contributed by atoms with E-state index in [4.69, 9.17) is 5.11 Å². The highest BCUT2D eigenvalue weighted by atomic mass is 16.4. The molecule has 1 rings (SSSR count). The molecule has 0 spiro atoms. The lowest BCUT2D eigenvalue weighted by atomic mass is 9.98. The van der Waals surface area contributed by atoms with Crippen LogP contribution in [0.25, 0.3) is 0 Å². The van der Waals surface area contributed by atoms with E-state index in [1.165, 1.54) is 0 Å². The second-order valence-electron chi connectivity index (χ2n) is 3.87. The summed E-state index contributed by atoms with van der Waals surface area (Å²) < 4.78 is 0. The van der Waals surface area contributed by atoms with Crippen molar-refractivity contribution in [2.45, 2.75) is 51.0 Å². The first-order chi connectivity index (χ1) is 6.21. The van der Waals surface area contributed by atoms with Crippen molar-refractivity contribution in [3.8, 4) is 0 Å². The Kier molecular flexibility index (Phi) is 3.72. The minimum Gasteiger partial charge on any atom is -0.480 e. The summed E-state index contributed by atoms with van der Waals surface area (Å²) in [6, 6.07) is 0. The molecule has 0 aromatic carbocycles. The fraction of sp³-hybridized carbons (Fsp3) is 0.900. The van der Waals surface area contributed by atoms with Crippen LogP contribution in [0.15, 0.2) is 0 Å². The third-order valence-electron chi connectivity index (χ3n) is 2.86. The van der Waals surface area contributed by atoms with Gasteiger partial charge >= 0.3 is 5.97 Å². The van der Waals surface area contributed by atoms with Crippen LogP contribution in [-0.4, -0.2) is 23.2 Å². The number of hydrogen-bond acceptors (Lipinski definition) is 2. The molecule has 0 aliphatic heterocycles. The second kappa shape index (κ2) is 4.61. The zero-order chi connectivity index (χ0) is 9.73. The summed E-state index contributed by atoms with van der Waals surface area (Å²) in [5.41, 5.74) is -0.588. The topological polar surface area (TPSA) is 49.3 Å². The van der Waals surface area contributed by atoms with Crippen LogP contribution < -0.4 is 5.32 Å². The SMILES string of the molecule is CCCCNC1(C(=O)O)CCCC1. The van der Waals surface area contributed by atoms with Gasteiger partial charge < -0.3 is 10.4 Å². The van der Waals surface area contributed by atoms with Gasteiger partial charge in [0, 0.05) is 0 Å². The van der Waals surface area contributed by atoms with Crippen molar-refractivity contribution >= 4 is 5.97 Å². The third kappa shape index (κ3) is 2.44. The van der Waals surface area contributed by atoms with Gasteiger partial charge in [0.1, 0.15) is 5.54 Å². The van der Waals surface area contributed by atoms with Gasteiger partial charge in [0.25, 0.3) is 0 Å². The predicted octanol–water partition coefficient (Wildman–Crippen LogP) is 1.77. The first-order valence-electron chi connectivity index (χ1n) is 5.20. The van der Waals surface area contributed by atoms with Crippen molar-refractivity contribution in [3.05, 3.63) is 0 Å². The van der Waals surface area contributed by atoms with Gasteiger partial charge in [-0.05, 0) is 25.8 Å². The maximum Gasteiger partial charge on any atom is 0.323 e. The van der Waals surface area contributed by atoms with Crippen LogP contribution in [0.5, 0.6) is 0 Å². The number of unbranched alkanes of at least 4 members (excludes halogenated alkanes) is 1. The van der Waals surface area contributed by atoms with Crippen molar-refractivity contribution in [3.63, 3.8) is 0 Å². The molecule has 0 bridgehead atoms. The molecule has 1 fully saturated rings. The van der Waals surface area contributed by atoms with E-state index in [1.807, 2.05) is 0 Å². The van der Waals surface area contributed by atoms with E-state index in [0.29, 0.717) is 0 Å². The first kappa shape index (κ1) is 10.5. The molecule has 0 aromatic rings. The zero-order valence-corrected chi connectivity index (χ0v) is 8.31. The maximum atomic E-state index is 11.1. The summed E-state index contributed by atoms with van der Waals surface area (Å²) in [4.78, 5) is 11.1. The molecule has 0 amide bonds. The van der Waals surface area contributed by atoms with Crippen molar-refractivity contribution in [2.24, 2.45) is 0 Å². The molecule has 1 aliphatic carbocycles. The number of carbonyl (C=O) groups is 1. The third-order valence-corrected chi connectivity index (χ3v) is 2.86. The number of hydrogen-bond donors (Lipinski definition) is 2. The molecule has 1 saturated carbocycles. The summed E-state index contributed by atoms with van der Waals surface area (Å²) >= 11 is 0. The van der Waals surface area contributed by atoms with Crippen LogP contribution in [0.1, 0.15) is 45.4 Å². The number of carboxylic acid groups (broad SMARTS) is 1. The molecule has 0 unspecified atom stereocenters. The van der Waals surface area contributed by atoms with Gasteiger partial charge in [-0.1, -0.05) is 26.2 Å². The van der Waals surface area contributed by atoms with Crippen molar-refractivity contribution in [1.82, 2.24) is 5.32 Å². The molecule has 0 atom stereocenters. The molecule has 13 heavy (non-hydrogen) atoms. The van der Waals surface area contributed by atoms with Gasteiger partial charge in [-0.2, -0.15) is 0 Å². The van der Waals surface area contributed by atoms with Crippen molar-refractivity contribution in [1.29, 1.82) is 0 Å². The molecular formula is C10H19NO2. The summed E-state index contributed by atoms with van der Waals surface area (Å²) in [5.74, 6) is -0.666. The fourth-order valence-corrected chi connectivity index (χ4v) is 1.95. The summed E-state index contributed by atoms with van der Waals surface area (Å²) in [7, 11) is 0. The van der Waals surface area contributed by atoms with E-state index in [2.05, 4.69) is 12.2 Å². The Morgan fingerprint density at radius 3 is 2.54 bits per heavy atom. The fourth-order valence-electron chi connectivity index (χ4n) is 1.95. The average Bonchev–Trinajstić information content (AvgIpc) is 2.55. The normalized spacial score (nSPS) is 20.4. The number of nitrogens with one attached hydrogen (secondary N) is 1. The summed E-state index contributed by atoms with van der Waals surface area (Å²) in [5, 5.41) is 12.3. The van der Waals surface area contributed by atoms with Crippen molar-refractivity contribution < 1.29 is 9.90 Å². The smallest absolute Gasteiger partial charge is 0.323 e. The number of rotatable bonds is 5. The highest BCUT2D eigenvalue weighted by molar-refractivity contribution is 5.79. The van der Waals surface area contributed by atoms with Gasteiger partial charge in [-0.15, -0.1) is 0 Å². The molecule has 3 heteroatoms. The predicted molar refractivity (Wildman–Crippen MR) is 51.7 cm³/mol. The van der Waals surface area contributed by atoms with Crippen LogP contribution >= 0.6 is 0 Å². The first-order valence-corrected chi connectivity index (χ1v) is 5.20. The van der Waals surface area contributed by atoms with E-state index < -0.39 is 11.5 Å². The minimum absolute atomic E-state index is 0.588. The van der Waals surface area contributed by atoms with E-state index in [-0.39, 0.29) is 0 Å². The molecular weight excluding hydrogens is 166 g/mol. The lowest BCUT2D eigenvalue weighted by molar-refractivity contribution is -0.144. The number of aliphatic carboxylic acids is 1. The standard InChI is InChI=1S/C10H19NO2/c1-2-3-8-11-10(9(12)13)6-4-5-7-10/h11H,2-8H2,1H3,(H,12,13). The van der Waals surface area contributed by atoms with Crippen LogP contribution in [-0.2, 0) is 4.79 Å². The maximum absolute atomic E-state index is 11.1. The van der Waals surface area contributed by atoms with E-state index in [9.17, 15) is 4.79 Å². The van der Waals surface area contributed by atoms with Gasteiger partial charge in [0.2, 0.25) is 0 Å². The van der Waals surface area contributed by atoms with E-state index >= 15 is 0 Å². The molecule has 2 N–H and O–H groups in total. The molecule has 0 radical (unpaired) electrons. The van der Waals surface area contributed by atoms with E-state index in [0.717, 1.165) is 45.1 Å². The van der Waals surface area contributed by atoms with Gasteiger partial charge in [-0.25, -0.2) is 0 Å².